The molecule has 0 spiro atoms. The van der Waals surface area contributed by atoms with Gasteiger partial charge in [-0.3, -0.25) is 0 Å². The van der Waals surface area contributed by atoms with E-state index in [2.05, 4.69) is 194 Å². The number of benzene rings is 7. The summed E-state index contributed by atoms with van der Waals surface area (Å²) >= 11 is 0. The molecule has 0 saturated carbocycles. The molecule has 0 unspecified atom stereocenters. The molecular weight excluding hydrogens is 591 g/mol. The highest BCUT2D eigenvalue weighted by atomic mass is 15.2. The maximum absolute atomic E-state index is 2.54. The van der Waals surface area contributed by atoms with Crippen molar-refractivity contribution in [2.24, 2.45) is 0 Å². The second-order valence-corrected chi connectivity index (χ2v) is 13.7. The van der Waals surface area contributed by atoms with Crippen LogP contribution in [0.25, 0.3) is 22.3 Å². The van der Waals surface area contributed by atoms with Gasteiger partial charge in [0.05, 0.1) is 0 Å². The molecule has 3 heteroatoms. The van der Waals surface area contributed by atoms with Crippen molar-refractivity contribution in [1.29, 1.82) is 0 Å². The number of nitrogens with zero attached hydrogens (tertiary/aromatic N) is 2. The van der Waals surface area contributed by atoms with Gasteiger partial charge in [0.2, 0.25) is 0 Å². The number of hydrogen-bond donors (Lipinski definition) is 0. The molecule has 0 saturated heterocycles. The number of anilines is 6. The molecule has 0 aromatic heterocycles. The SMILES string of the molecule is Cc1ccc2c(c1)B1c3ccccc3N(c3cc(-c4ccccc4)cc(-c4ccccc4)c3)c3cc(C(C)C)cc(c31)N2c1ccccc1. The summed E-state index contributed by atoms with van der Waals surface area (Å²) in [6.45, 7) is 6.94. The molecule has 2 nitrogen and oxygen atoms in total. The van der Waals surface area contributed by atoms with Gasteiger partial charge in [0.1, 0.15) is 0 Å². The van der Waals surface area contributed by atoms with Crippen LogP contribution in [0.4, 0.5) is 34.1 Å². The molecule has 9 rings (SSSR count). The molecule has 49 heavy (non-hydrogen) atoms. The third-order valence-corrected chi connectivity index (χ3v) is 10.2. The van der Waals surface area contributed by atoms with Crippen LogP contribution in [-0.4, -0.2) is 6.71 Å². The summed E-state index contributed by atoms with van der Waals surface area (Å²) in [5.74, 6) is 0.353. The third-order valence-electron chi connectivity index (χ3n) is 10.2. The van der Waals surface area contributed by atoms with Crippen molar-refractivity contribution in [1.82, 2.24) is 0 Å². The largest absolute Gasteiger partial charge is 0.311 e. The highest BCUT2D eigenvalue weighted by Gasteiger charge is 2.43. The van der Waals surface area contributed by atoms with E-state index in [0.717, 1.165) is 5.69 Å². The van der Waals surface area contributed by atoms with Crippen molar-refractivity contribution >= 4 is 57.2 Å². The smallest absolute Gasteiger partial charge is 0.252 e. The molecule has 234 valence electrons. The Labute approximate surface area is 290 Å². The van der Waals surface area contributed by atoms with Crippen molar-refractivity contribution in [3.8, 4) is 22.3 Å². The van der Waals surface area contributed by atoms with Crippen molar-refractivity contribution < 1.29 is 0 Å². The molecule has 0 N–H and O–H groups in total. The molecule has 2 aliphatic heterocycles. The second kappa shape index (κ2) is 11.7. The standard InChI is InChI=1S/C46H37BN2/c1-31(2)35-29-44-46-45(30-35)49(39-27-36(33-15-7-4-8-16-33)26-37(28-39)34-17-9-5-10-18-34)42-22-14-13-21-40(42)47(46)41-25-32(3)23-24-43(41)48(44)38-19-11-6-12-20-38/h4-31H,1-3H3. The Morgan fingerprint density at radius 3 is 1.57 bits per heavy atom. The summed E-state index contributed by atoms with van der Waals surface area (Å²) in [7, 11) is 0. The van der Waals surface area contributed by atoms with Crippen LogP contribution in [0.15, 0.2) is 164 Å². The molecular formula is C46H37BN2. The summed E-state index contributed by atoms with van der Waals surface area (Å²) in [5.41, 5.74) is 18.8. The summed E-state index contributed by atoms with van der Waals surface area (Å²) in [6.07, 6.45) is 0. The minimum absolute atomic E-state index is 0.111. The van der Waals surface area contributed by atoms with Gasteiger partial charge in [-0.25, -0.2) is 0 Å². The van der Waals surface area contributed by atoms with E-state index in [0.29, 0.717) is 5.92 Å². The predicted molar refractivity (Wildman–Crippen MR) is 210 cm³/mol. The summed E-state index contributed by atoms with van der Waals surface area (Å²) < 4.78 is 0. The molecule has 2 aliphatic rings. The first-order chi connectivity index (χ1) is 24.0. The van der Waals surface area contributed by atoms with Crippen molar-refractivity contribution in [2.75, 3.05) is 9.80 Å². The lowest BCUT2D eigenvalue weighted by Crippen LogP contribution is -2.61. The Morgan fingerprint density at radius 2 is 0.959 bits per heavy atom. The zero-order valence-electron chi connectivity index (χ0n) is 28.1. The summed E-state index contributed by atoms with van der Waals surface area (Å²) in [4.78, 5) is 5.04. The van der Waals surface area contributed by atoms with E-state index in [-0.39, 0.29) is 6.71 Å². The zero-order chi connectivity index (χ0) is 33.1. The minimum atomic E-state index is 0.111. The Kier molecular flexibility index (Phi) is 7.02. The molecule has 0 aliphatic carbocycles. The quantitative estimate of drug-likeness (QED) is 0.175. The van der Waals surface area contributed by atoms with E-state index < -0.39 is 0 Å². The Hall–Kier alpha value is -5.80. The van der Waals surface area contributed by atoms with Gasteiger partial charge in [0.15, 0.2) is 0 Å². The lowest BCUT2D eigenvalue weighted by atomic mass is 9.33. The van der Waals surface area contributed by atoms with Gasteiger partial charge in [0, 0.05) is 34.1 Å². The minimum Gasteiger partial charge on any atom is -0.311 e. The third kappa shape index (κ3) is 4.88. The molecule has 7 aromatic carbocycles. The normalized spacial score (nSPS) is 12.9. The van der Waals surface area contributed by atoms with Crippen LogP contribution in [0, 0.1) is 6.92 Å². The maximum Gasteiger partial charge on any atom is 0.252 e. The zero-order valence-corrected chi connectivity index (χ0v) is 28.1. The van der Waals surface area contributed by atoms with Gasteiger partial charge in [-0.15, -0.1) is 0 Å². The molecule has 0 fully saturated rings. The first-order valence-electron chi connectivity index (χ1n) is 17.3. The number of rotatable bonds is 5. The van der Waals surface area contributed by atoms with Crippen LogP contribution in [-0.2, 0) is 0 Å². The fourth-order valence-electron chi connectivity index (χ4n) is 7.89. The van der Waals surface area contributed by atoms with E-state index in [9.17, 15) is 0 Å². The Balaban J connectivity index is 1.38. The van der Waals surface area contributed by atoms with E-state index in [4.69, 9.17) is 0 Å². The Morgan fingerprint density at radius 1 is 0.429 bits per heavy atom. The van der Waals surface area contributed by atoms with Crippen molar-refractivity contribution in [2.45, 2.75) is 26.7 Å². The fraction of sp³-hybridized carbons (Fsp3) is 0.0870. The van der Waals surface area contributed by atoms with E-state index in [1.165, 1.54) is 78.2 Å². The van der Waals surface area contributed by atoms with Gasteiger partial charge >= 0.3 is 0 Å². The number of aryl methyl sites for hydroxylation is 1. The van der Waals surface area contributed by atoms with Gasteiger partial charge < -0.3 is 9.80 Å². The van der Waals surface area contributed by atoms with Gasteiger partial charge in [-0.05, 0) is 112 Å². The van der Waals surface area contributed by atoms with Gasteiger partial charge in [-0.1, -0.05) is 129 Å². The molecule has 2 heterocycles. The van der Waals surface area contributed by atoms with Gasteiger partial charge in [0.25, 0.3) is 6.71 Å². The topological polar surface area (TPSA) is 6.48 Å². The average Bonchev–Trinajstić information content (AvgIpc) is 3.15. The molecule has 7 aromatic rings. The fourth-order valence-corrected chi connectivity index (χ4v) is 7.89. The molecule has 0 radical (unpaired) electrons. The van der Waals surface area contributed by atoms with Crippen LogP contribution in [0.1, 0.15) is 30.9 Å². The number of para-hydroxylation sites is 2. The van der Waals surface area contributed by atoms with Crippen LogP contribution in [0.5, 0.6) is 0 Å². The predicted octanol–water partition coefficient (Wildman–Crippen LogP) is 10.5. The Bertz CT molecular complexity index is 2270. The second-order valence-electron chi connectivity index (χ2n) is 13.7. The van der Waals surface area contributed by atoms with Crippen LogP contribution < -0.4 is 26.2 Å². The van der Waals surface area contributed by atoms with Crippen LogP contribution in [0.2, 0.25) is 0 Å². The van der Waals surface area contributed by atoms with Crippen LogP contribution >= 0.6 is 0 Å². The van der Waals surface area contributed by atoms with Crippen molar-refractivity contribution in [3.63, 3.8) is 0 Å². The summed E-state index contributed by atoms with van der Waals surface area (Å²) in [6, 6.07) is 60.5. The lowest BCUT2D eigenvalue weighted by molar-refractivity contribution is 0.866. The number of fused-ring (bicyclic) bond motifs is 4. The highest BCUT2D eigenvalue weighted by Crippen LogP contribution is 2.46. The van der Waals surface area contributed by atoms with Crippen molar-refractivity contribution in [3.05, 3.63) is 175 Å². The summed E-state index contributed by atoms with van der Waals surface area (Å²) in [5, 5.41) is 0. The first-order valence-corrected chi connectivity index (χ1v) is 17.3. The van der Waals surface area contributed by atoms with Crippen LogP contribution in [0.3, 0.4) is 0 Å². The van der Waals surface area contributed by atoms with E-state index in [1.807, 2.05) is 0 Å². The molecule has 0 atom stereocenters. The van der Waals surface area contributed by atoms with E-state index >= 15 is 0 Å². The highest BCUT2D eigenvalue weighted by molar-refractivity contribution is 7.00. The molecule has 0 amide bonds. The van der Waals surface area contributed by atoms with Gasteiger partial charge in [-0.2, -0.15) is 0 Å². The first kappa shape index (κ1) is 29.4. The monoisotopic (exact) mass is 628 g/mol. The number of hydrogen-bond acceptors (Lipinski definition) is 2. The maximum atomic E-state index is 2.54. The lowest BCUT2D eigenvalue weighted by Gasteiger charge is -2.44. The molecule has 0 bridgehead atoms. The van der Waals surface area contributed by atoms with E-state index in [1.54, 1.807) is 0 Å². The average molecular weight is 629 g/mol.